The number of carbonyl (C=O) groups is 1. The first-order valence-electron chi connectivity index (χ1n) is 6.92. The lowest BCUT2D eigenvalue weighted by atomic mass is 10.1. The van der Waals surface area contributed by atoms with E-state index in [9.17, 15) is 9.90 Å². The van der Waals surface area contributed by atoms with E-state index in [1.54, 1.807) is 0 Å². The summed E-state index contributed by atoms with van der Waals surface area (Å²) in [5, 5.41) is 9.44. The van der Waals surface area contributed by atoms with Gasteiger partial charge in [0.1, 0.15) is 5.60 Å². The normalized spacial score (nSPS) is 23.1. The van der Waals surface area contributed by atoms with Crippen LogP contribution in [-0.2, 0) is 9.53 Å². The van der Waals surface area contributed by atoms with E-state index in [-0.39, 0.29) is 12.1 Å². The van der Waals surface area contributed by atoms with E-state index >= 15 is 0 Å². The number of esters is 1. The lowest BCUT2D eigenvalue weighted by molar-refractivity contribution is -0.155. The molecular formula is C14H27NO3. The summed E-state index contributed by atoms with van der Waals surface area (Å²) >= 11 is 0. The van der Waals surface area contributed by atoms with Crippen LogP contribution >= 0.6 is 0 Å². The Morgan fingerprint density at radius 2 is 2.17 bits per heavy atom. The third-order valence-corrected chi connectivity index (χ3v) is 3.14. The van der Waals surface area contributed by atoms with Crippen LogP contribution in [-0.4, -0.2) is 46.8 Å². The number of nitrogens with zero attached hydrogens (tertiary/aromatic N) is 1. The summed E-state index contributed by atoms with van der Waals surface area (Å²) in [7, 11) is 0. The van der Waals surface area contributed by atoms with Gasteiger partial charge in [-0.25, -0.2) is 0 Å². The minimum atomic E-state index is -0.402. The first-order chi connectivity index (χ1) is 8.28. The van der Waals surface area contributed by atoms with Gasteiger partial charge in [-0.1, -0.05) is 0 Å². The Balaban J connectivity index is 2.31. The zero-order chi connectivity index (χ0) is 13.8. The molecule has 2 unspecified atom stereocenters. The van der Waals surface area contributed by atoms with Gasteiger partial charge in [-0.05, 0) is 53.5 Å². The first-order valence-corrected chi connectivity index (χ1v) is 6.92. The van der Waals surface area contributed by atoms with Crippen LogP contribution < -0.4 is 0 Å². The van der Waals surface area contributed by atoms with Crippen LogP contribution in [0.25, 0.3) is 0 Å². The second kappa shape index (κ2) is 6.53. The Hall–Kier alpha value is -0.610. The number of aliphatic hydroxyl groups excluding tert-OH is 1. The molecule has 0 saturated carbocycles. The van der Waals surface area contributed by atoms with E-state index in [0.29, 0.717) is 12.5 Å². The Labute approximate surface area is 110 Å². The first kappa shape index (κ1) is 15.4. The highest BCUT2D eigenvalue weighted by atomic mass is 16.6. The van der Waals surface area contributed by atoms with Gasteiger partial charge in [0.05, 0.1) is 12.5 Å². The number of ether oxygens (including phenoxy) is 1. The van der Waals surface area contributed by atoms with Crippen LogP contribution in [0.5, 0.6) is 0 Å². The van der Waals surface area contributed by atoms with Crippen molar-refractivity contribution in [2.24, 2.45) is 0 Å². The van der Waals surface area contributed by atoms with Gasteiger partial charge in [-0.3, -0.25) is 9.69 Å². The number of likely N-dealkylation sites (tertiary alicyclic amines) is 1. The SMILES string of the molecule is CC(O)CC1CCCN1CCC(=O)OC(C)(C)C. The lowest BCUT2D eigenvalue weighted by Gasteiger charge is -2.26. The van der Waals surface area contributed by atoms with E-state index in [2.05, 4.69) is 4.90 Å². The van der Waals surface area contributed by atoms with Crippen LogP contribution in [0.1, 0.15) is 53.4 Å². The van der Waals surface area contributed by atoms with E-state index < -0.39 is 5.60 Å². The van der Waals surface area contributed by atoms with Crippen molar-refractivity contribution >= 4 is 5.97 Å². The van der Waals surface area contributed by atoms with Crippen LogP contribution in [0.2, 0.25) is 0 Å². The van der Waals surface area contributed by atoms with Gasteiger partial charge in [-0.2, -0.15) is 0 Å². The topological polar surface area (TPSA) is 49.8 Å². The molecule has 0 bridgehead atoms. The van der Waals surface area contributed by atoms with Gasteiger partial charge >= 0.3 is 5.97 Å². The highest BCUT2D eigenvalue weighted by molar-refractivity contribution is 5.70. The second-order valence-corrected chi connectivity index (χ2v) is 6.25. The molecule has 1 saturated heterocycles. The molecule has 106 valence electrons. The number of hydrogen-bond acceptors (Lipinski definition) is 4. The molecule has 0 spiro atoms. The standard InChI is InChI=1S/C14H27NO3/c1-11(16)10-12-6-5-8-15(12)9-7-13(17)18-14(2,3)4/h11-12,16H,5-10H2,1-4H3. The third-order valence-electron chi connectivity index (χ3n) is 3.14. The van der Waals surface area contributed by atoms with E-state index in [0.717, 1.165) is 32.4 Å². The fourth-order valence-electron chi connectivity index (χ4n) is 2.48. The zero-order valence-electron chi connectivity index (χ0n) is 12.1. The summed E-state index contributed by atoms with van der Waals surface area (Å²) in [6.45, 7) is 9.25. The van der Waals surface area contributed by atoms with Gasteiger partial charge in [0, 0.05) is 12.6 Å². The third kappa shape index (κ3) is 5.83. The Morgan fingerprint density at radius 1 is 1.50 bits per heavy atom. The fourth-order valence-corrected chi connectivity index (χ4v) is 2.48. The molecule has 0 aromatic heterocycles. The number of carbonyl (C=O) groups excluding carboxylic acids is 1. The fraction of sp³-hybridized carbons (Fsp3) is 0.929. The Bertz CT molecular complexity index is 271. The van der Waals surface area contributed by atoms with Crippen molar-refractivity contribution in [3.63, 3.8) is 0 Å². The van der Waals surface area contributed by atoms with Crippen molar-refractivity contribution in [3.8, 4) is 0 Å². The minimum Gasteiger partial charge on any atom is -0.460 e. The van der Waals surface area contributed by atoms with Gasteiger partial charge in [0.2, 0.25) is 0 Å². The van der Waals surface area contributed by atoms with Crippen molar-refractivity contribution in [1.29, 1.82) is 0 Å². The smallest absolute Gasteiger partial charge is 0.307 e. The van der Waals surface area contributed by atoms with Gasteiger partial charge in [0.25, 0.3) is 0 Å². The minimum absolute atomic E-state index is 0.134. The summed E-state index contributed by atoms with van der Waals surface area (Å²) in [6, 6.07) is 0.424. The van der Waals surface area contributed by atoms with Gasteiger partial charge in [0.15, 0.2) is 0 Å². The number of rotatable bonds is 5. The largest absolute Gasteiger partial charge is 0.460 e. The second-order valence-electron chi connectivity index (χ2n) is 6.25. The van der Waals surface area contributed by atoms with Crippen molar-refractivity contribution in [2.75, 3.05) is 13.1 Å². The summed E-state index contributed by atoms with van der Waals surface area (Å²) in [4.78, 5) is 13.9. The Morgan fingerprint density at radius 3 is 2.72 bits per heavy atom. The molecule has 2 atom stereocenters. The summed E-state index contributed by atoms with van der Waals surface area (Å²) in [5.74, 6) is -0.134. The van der Waals surface area contributed by atoms with E-state index in [4.69, 9.17) is 4.74 Å². The van der Waals surface area contributed by atoms with Gasteiger partial charge < -0.3 is 9.84 Å². The molecule has 1 aliphatic rings. The molecular weight excluding hydrogens is 230 g/mol. The highest BCUT2D eigenvalue weighted by Crippen LogP contribution is 2.21. The molecule has 1 fully saturated rings. The van der Waals surface area contributed by atoms with Crippen molar-refractivity contribution in [3.05, 3.63) is 0 Å². The highest BCUT2D eigenvalue weighted by Gasteiger charge is 2.26. The predicted octanol–water partition coefficient (Wildman–Crippen LogP) is 1.95. The predicted molar refractivity (Wildman–Crippen MR) is 71.4 cm³/mol. The molecule has 1 rings (SSSR count). The molecule has 0 radical (unpaired) electrons. The molecule has 18 heavy (non-hydrogen) atoms. The van der Waals surface area contributed by atoms with Crippen molar-refractivity contribution < 1.29 is 14.6 Å². The lowest BCUT2D eigenvalue weighted by Crippen LogP contribution is -2.34. The average molecular weight is 257 g/mol. The number of hydrogen-bond donors (Lipinski definition) is 1. The molecule has 0 aliphatic carbocycles. The number of aliphatic hydroxyl groups is 1. The maximum atomic E-state index is 11.6. The summed E-state index contributed by atoms with van der Waals surface area (Å²) in [5.41, 5.74) is -0.402. The molecule has 1 N–H and O–H groups in total. The average Bonchev–Trinajstić information content (AvgIpc) is 2.58. The van der Waals surface area contributed by atoms with E-state index in [1.165, 1.54) is 0 Å². The van der Waals surface area contributed by atoms with Crippen LogP contribution in [0.3, 0.4) is 0 Å². The molecule has 0 aromatic rings. The Kier molecular flexibility index (Phi) is 5.60. The van der Waals surface area contributed by atoms with Crippen LogP contribution in [0.15, 0.2) is 0 Å². The molecule has 1 aliphatic heterocycles. The monoisotopic (exact) mass is 257 g/mol. The molecule has 0 amide bonds. The maximum Gasteiger partial charge on any atom is 0.307 e. The van der Waals surface area contributed by atoms with Crippen molar-refractivity contribution in [1.82, 2.24) is 4.90 Å². The molecule has 0 aromatic carbocycles. The quantitative estimate of drug-likeness (QED) is 0.765. The maximum absolute atomic E-state index is 11.6. The van der Waals surface area contributed by atoms with E-state index in [1.807, 2.05) is 27.7 Å². The molecule has 1 heterocycles. The van der Waals surface area contributed by atoms with Crippen LogP contribution in [0, 0.1) is 0 Å². The van der Waals surface area contributed by atoms with Crippen LogP contribution in [0.4, 0.5) is 0 Å². The van der Waals surface area contributed by atoms with Gasteiger partial charge in [-0.15, -0.1) is 0 Å². The molecule has 4 nitrogen and oxygen atoms in total. The zero-order valence-corrected chi connectivity index (χ0v) is 12.1. The summed E-state index contributed by atoms with van der Waals surface area (Å²) in [6.07, 6.45) is 3.25. The summed E-state index contributed by atoms with van der Waals surface area (Å²) < 4.78 is 5.30. The van der Waals surface area contributed by atoms with Crippen molar-refractivity contribution in [2.45, 2.75) is 71.1 Å². The molecule has 4 heteroatoms.